The number of hydrogen-bond donors (Lipinski definition) is 1. The summed E-state index contributed by atoms with van der Waals surface area (Å²) in [5, 5.41) is 3.17. The van der Waals surface area contributed by atoms with E-state index in [9.17, 15) is 9.59 Å². The Morgan fingerprint density at radius 2 is 1.88 bits per heavy atom. The van der Waals surface area contributed by atoms with Crippen LogP contribution in [0.3, 0.4) is 0 Å². The van der Waals surface area contributed by atoms with Gasteiger partial charge in [0.05, 0.1) is 19.8 Å². The first-order chi connectivity index (χ1) is 11.6. The molecule has 0 radical (unpaired) electrons. The summed E-state index contributed by atoms with van der Waals surface area (Å²) >= 11 is 0. The third-order valence-electron chi connectivity index (χ3n) is 4.33. The van der Waals surface area contributed by atoms with Crippen LogP contribution < -0.4 is 5.32 Å². The van der Waals surface area contributed by atoms with E-state index in [1.165, 1.54) is 0 Å². The zero-order valence-corrected chi connectivity index (χ0v) is 14.8. The molecule has 1 N–H and O–H groups in total. The van der Waals surface area contributed by atoms with Crippen molar-refractivity contribution in [3.63, 3.8) is 0 Å². The second kappa shape index (κ2) is 8.68. The maximum atomic E-state index is 12.6. The SMILES string of the molecule is CCN(CC)C(=O)CNc1cc(C(=O)N2CCOCC2)ccc1C. The van der Waals surface area contributed by atoms with Crippen LogP contribution in [0.5, 0.6) is 0 Å². The molecular weight excluding hydrogens is 306 g/mol. The molecule has 0 aromatic heterocycles. The maximum Gasteiger partial charge on any atom is 0.254 e. The van der Waals surface area contributed by atoms with E-state index < -0.39 is 0 Å². The van der Waals surface area contributed by atoms with Gasteiger partial charge in [0.1, 0.15) is 0 Å². The predicted molar refractivity (Wildman–Crippen MR) is 94.3 cm³/mol. The number of carbonyl (C=O) groups excluding carboxylic acids is 2. The Morgan fingerprint density at radius 3 is 2.50 bits per heavy atom. The zero-order valence-electron chi connectivity index (χ0n) is 14.8. The molecule has 1 aromatic rings. The molecule has 0 atom stereocenters. The fraction of sp³-hybridized carbons (Fsp3) is 0.556. The Bertz CT molecular complexity index is 579. The lowest BCUT2D eigenvalue weighted by molar-refractivity contribution is -0.128. The number of nitrogens with zero attached hydrogens (tertiary/aromatic N) is 2. The summed E-state index contributed by atoms with van der Waals surface area (Å²) in [6.45, 7) is 9.94. The summed E-state index contributed by atoms with van der Waals surface area (Å²) in [6.07, 6.45) is 0. The Labute approximate surface area is 143 Å². The lowest BCUT2D eigenvalue weighted by atomic mass is 10.1. The van der Waals surface area contributed by atoms with Crippen molar-refractivity contribution in [3.8, 4) is 0 Å². The number of carbonyl (C=O) groups is 2. The monoisotopic (exact) mass is 333 g/mol. The van der Waals surface area contributed by atoms with E-state index in [1.807, 2.05) is 39.0 Å². The van der Waals surface area contributed by atoms with E-state index in [0.29, 0.717) is 45.0 Å². The molecule has 2 amide bonds. The van der Waals surface area contributed by atoms with Gasteiger partial charge in [-0.25, -0.2) is 0 Å². The van der Waals surface area contributed by atoms with Crippen molar-refractivity contribution in [2.45, 2.75) is 20.8 Å². The number of likely N-dealkylation sites (N-methyl/N-ethyl adjacent to an activating group) is 1. The van der Waals surface area contributed by atoms with Gasteiger partial charge in [-0.15, -0.1) is 0 Å². The van der Waals surface area contributed by atoms with Crippen molar-refractivity contribution in [3.05, 3.63) is 29.3 Å². The number of benzene rings is 1. The third-order valence-corrected chi connectivity index (χ3v) is 4.33. The number of hydrogen-bond acceptors (Lipinski definition) is 4. The molecule has 0 unspecified atom stereocenters. The van der Waals surface area contributed by atoms with Gasteiger partial charge in [0.25, 0.3) is 5.91 Å². The number of ether oxygens (including phenoxy) is 1. The molecule has 0 aliphatic carbocycles. The highest BCUT2D eigenvalue weighted by molar-refractivity contribution is 5.95. The quantitative estimate of drug-likeness (QED) is 0.861. The molecule has 6 heteroatoms. The van der Waals surface area contributed by atoms with Gasteiger partial charge in [-0.3, -0.25) is 9.59 Å². The fourth-order valence-corrected chi connectivity index (χ4v) is 2.75. The van der Waals surface area contributed by atoms with Crippen molar-refractivity contribution >= 4 is 17.5 Å². The zero-order chi connectivity index (χ0) is 17.5. The number of amides is 2. The number of morpholine rings is 1. The van der Waals surface area contributed by atoms with Gasteiger partial charge >= 0.3 is 0 Å². The lowest BCUT2D eigenvalue weighted by Crippen LogP contribution is -2.40. The molecule has 1 heterocycles. The van der Waals surface area contributed by atoms with Crippen molar-refractivity contribution < 1.29 is 14.3 Å². The number of aryl methyl sites for hydroxylation is 1. The summed E-state index contributed by atoms with van der Waals surface area (Å²) in [4.78, 5) is 28.3. The normalized spacial score (nSPS) is 14.4. The van der Waals surface area contributed by atoms with E-state index in [4.69, 9.17) is 4.74 Å². The van der Waals surface area contributed by atoms with Gasteiger partial charge in [-0.1, -0.05) is 6.07 Å². The van der Waals surface area contributed by atoms with E-state index in [2.05, 4.69) is 5.32 Å². The van der Waals surface area contributed by atoms with Crippen molar-refractivity contribution in [2.24, 2.45) is 0 Å². The molecule has 0 bridgehead atoms. The third kappa shape index (κ3) is 4.47. The highest BCUT2D eigenvalue weighted by Crippen LogP contribution is 2.18. The van der Waals surface area contributed by atoms with Crippen molar-refractivity contribution in [1.29, 1.82) is 0 Å². The summed E-state index contributed by atoms with van der Waals surface area (Å²) < 4.78 is 5.29. The van der Waals surface area contributed by atoms with Crippen LogP contribution in [-0.2, 0) is 9.53 Å². The van der Waals surface area contributed by atoms with Crippen LogP contribution in [0.15, 0.2) is 18.2 Å². The second-order valence-corrected chi connectivity index (χ2v) is 5.85. The molecule has 2 rings (SSSR count). The second-order valence-electron chi connectivity index (χ2n) is 5.85. The first-order valence-electron chi connectivity index (χ1n) is 8.56. The highest BCUT2D eigenvalue weighted by Gasteiger charge is 2.19. The van der Waals surface area contributed by atoms with Crippen LogP contribution in [0.25, 0.3) is 0 Å². The molecule has 1 aliphatic rings. The van der Waals surface area contributed by atoms with Crippen LogP contribution >= 0.6 is 0 Å². The van der Waals surface area contributed by atoms with Crippen LogP contribution in [0.2, 0.25) is 0 Å². The smallest absolute Gasteiger partial charge is 0.254 e. The van der Waals surface area contributed by atoms with Gasteiger partial charge < -0.3 is 19.9 Å². The lowest BCUT2D eigenvalue weighted by Gasteiger charge is -2.27. The first kappa shape index (κ1) is 18.3. The van der Waals surface area contributed by atoms with Crippen LogP contribution in [-0.4, -0.2) is 67.6 Å². The van der Waals surface area contributed by atoms with Crippen molar-refractivity contribution in [2.75, 3.05) is 51.3 Å². The average molecular weight is 333 g/mol. The summed E-state index contributed by atoms with van der Waals surface area (Å²) in [7, 11) is 0. The van der Waals surface area contributed by atoms with Crippen LogP contribution in [0, 0.1) is 6.92 Å². The molecule has 24 heavy (non-hydrogen) atoms. The minimum absolute atomic E-state index is 0.0106. The van der Waals surface area contributed by atoms with E-state index in [-0.39, 0.29) is 18.4 Å². The van der Waals surface area contributed by atoms with Gasteiger partial charge in [-0.05, 0) is 38.5 Å². The van der Waals surface area contributed by atoms with E-state index in [1.54, 1.807) is 9.80 Å². The van der Waals surface area contributed by atoms with Gasteiger partial charge in [0.15, 0.2) is 0 Å². The molecule has 1 aromatic carbocycles. The fourth-order valence-electron chi connectivity index (χ4n) is 2.75. The number of rotatable bonds is 6. The molecule has 132 valence electrons. The standard InChI is InChI=1S/C18H27N3O3/c1-4-20(5-2)17(22)13-19-16-12-15(7-6-14(16)3)18(23)21-8-10-24-11-9-21/h6-7,12,19H,4-5,8-11,13H2,1-3H3. The minimum atomic E-state index is 0.0106. The Kier molecular flexibility index (Phi) is 6.61. The number of nitrogens with one attached hydrogen (secondary N) is 1. The van der Waals surface area contributed by atoms with E-state index >= 15 is 0 Å². The van der Waals surface area contributed by atoms with Gasteiger partial charge in [-0.2, -0.15) is 0 Å². The van der Waals surface area contributed by atoms with Crippen molar-refractivity contribution in [1.82, 2.24) is 9.80 Å². The molecule has 6 nitrogen and oxygen atoms in total. The summed E-state index contributed by atoms with van der Waals surface area (Å²) in [5.74, 6) is 0.0701. The molecule has 0 saturated carbocycles. The predicted octanol–water partition coefficient (Wildman–Crippen LogP) is 1.75. The first-order valence-corrected chi connectivity index (χ1v) is 8.56. The maximum absolute atomic E-state index is 12.6. The Balaban J connectivity index is 2.05. The molecule has 0 spiro atoms. The summed E-state index contributed by atoms with van der Waals surface area (Å²) in [6, 6.07) is 5.59. The topological polar surface area (TPSA) is 61.9 Å². The largest absolute Gasteiger partial charge is 0.378 e. The highest BCUT2D eigenvalue weighted by atomic mass is 16.5. The van der Waals surface area contributed by atoms with Gasteiger partial charge in [0.2, 0.25) is 5.91 Å². The Morgan fingerprint density at radius 1 is 1.21 bits per heavy atom. The van der Waals surface area contributed by atoms with Gasteiger partial charge in [0, 0.05) is 37.4 Å². The molecule has 1 saturated heterocycles. The minimum Gasteiger partial charge on any atom is -0.378 e. The molecular formula is C18H27N3O3. The van der Waals surface area contributed by atoms with Crippen LogP contribution in [0.1, 0.15) is 29.8 Å². The Hall–Kier alpha value is -2.08. The average Bonchev–Trinajstić information content (AvgIpc) is 2.62. The molecule has 1 fully saturated rings. The van der Waals surface area contributed by atoms with Crippen LogP contribution in [0.4, 0.5) is 5.69 Å². The summed E-state index contributed by atoms with van der Waals surface area (Å²) in [5.41, 5.74) is 2.48. The number of anilines is 1. The molecule has 1 aliphatic heterocycles. The van der Waals surface area contributed by atoms with E-state index in [0.717, 1.165) is 11.3 Å².